The second-order valence-corrected chi connectivity index (χ2v) is 3.77. The number of rotatable bonds is 2. The number of thiazole rings is 1. The fourth-order valence-corrected chi connectivity index (χ4v) is 1.68. The summed E-state index contributed by atoms with van der Waals surface area (Å²) in [6.45, 7) is 0. The fraction of sp³-hybridized carbons (Fsp3) is 0. The zero-order valence-corrected chi connectivity index (χ0v) is 7.68. The summed E-state index contributed by atoms with van der Waals surface area (Å²) in [7, 11) is 0. The molecule has 0 atom stereocenters. The average molecular weight is 195 g/mol. The molecule has 2 rings (SSSR count). The molecule has 0 spiro atoms. The molecule has 0 radical (unpaired) electrons. The zero-order chi connectivity index (χ0) is 8.23. The standard InChI is InChI=1S/C7H5N3S2/c1-2-6(11-4-1)9-10-7-8-3-5-12-7/h1-5H. The summed E-state index contributed by atoms with van der Waals surface area (Å²) in [5.74, 6) is 0. The molecule has 2 heterocycles. The summed E-state index contributed by atoms with van der Waals surface area (Å²) >= 11 is 3.04. The van der Waals surface area contributed by atoms with Crippen LogP contribution in [0.2, 0.25) is 0 Å². The molecule has 0 aromatic carbocycles. The normalized spacial score (nSPS) is 11.0. The molecule has 2 aromatic rings. The number of thiophene rings is 1. The van der Waals surface area contributed by atoms with E-state index in [4.69, 9.17) is 0 Å². The molecule has 0 fully saturated rings. The van der Waals surface area contributed by atoms with Gasteiger partial charge in [-0.2, -0.15) is 0 Å². The summed E-state index contributed by atoms with van der Waals surface area (Å²) in [6, 6.07) is 3.86. The molecule has 0 N–H and O–H groups in total. The first kappa shape index (κ1) is 7.57. The minimum Gasteiger partial charge on any atom is -0.226 e. The average Bonchev–Trinajstić information content (AvgIpc) is 2.74. The Hall–Kier alpha value is -1.07. The maximum atomic E-state index is 4.00. The number of hydrogen-bond acceptors (Lipinski definition) is 5. The van der Waals surface area contributed by atoms with Gasteiger partial charge in [0, 0.05) is 11.6 Å². The lowest BCUT2D eigenvalue weighted by Crippen LogP contribution is -1.54. The van der Waals surface area contributed by atoms with Gasteiger partial charge in [-0.25, -0.2) is 4.98 Å². The molecule has 60 valence electrons. The van der Waals surface area contributed by atoms with E-state index < -0.39 is 0 Å². The lowest BCUT2D eigenvalue weighted by atomic mass is 10.6. The van der Waals surface area contributed by atoms with Crippen LogP contribution in [0, 0.1) is 0 Å². The predicted octanol–water partition coefficient (Wildman–Crippen LogP) is 3.62. The molecule has 0 aliphatic heterocycles. The first-order valence-electron chi connectivity index (χ1n) is 3.30. The van der Waals surface area contributed by atoms with Crippen LogP contribution in [0.1, 0.15) is 0 Å². The lowest BCUT2D eigenvalue weighted by molar-refractivity contribution is 1.21. The molecule has 0 aliphatic rings. The van der Waals surface area contributed by atoms with E-state index >= 15 is 0 Å². The van der Waals surface area contributed by atoms with Gasteiger partial charge in [0.2, 0.25) is 5.13 Å². The molecule has 0 unspecified atom stereocenters. The number of azo groups is 1. The Bertz CT molecular complexity index is 314. The van der Waals surface area contributed by atoms with E-state index in [0.717, 1.165) is 5.00 Å². The van der Waals surface area contributed by atoms with Gasteiger partial charge in [0.1, 0.15) is 5.00 Å². The predicted molar refractivity (Wildman–Crippen MR) is 50.6 cm³/mol. The Morgan fingerprint density at radius 2 is 2.17 bits per heavy atom. The maximum Gasteiger partial charge on any atom is 0.229 e. The Kier molecular flexibility index (Phi) is 2.24. The van der Waals surface area contributed by atoms with E-state index in [1.807, 2.05) is 22.9 Å². The van der Waals surface area contributed by atoms with Crippen molar-refractivity contribution >= 4 is 32.8 Å². The van der Waals surface area contributed by atoms with Gasteiger partial charge < -0.3 is 0 Å². The van der Waals surface area contributed by atoms with Crippen LogP contribution in [0.3, 0.4) is 0 Å². The molecular weight excluding hydrogens is 190 g/mol. The van der Waals surface area contributed by atoms with Crippen LogP contribution < -0.4 is 0 Å². The Balaban J connectivity index is 2.14. The second kappa shape index (κ2) is 3.55. The molecular formula is C7H5N3S2. The van der Waals surface area contributed by atoms with Crippen LogP contribution in [-0.4, -0.2) is 4.98 Å². The maximum absolute atomic E-state index is 4.00. The van der Waals surface area contributed by atoms with Crippen molar-refractivity contribution in [2.45, 2.75) is 0 Å². The van der Waals surface area contributed by atoms with Crippen molar-refractivity contribution < 1.29 is 0 Å². The van der Waals surface area contributed by atoms with E-state index in [-0.39, 0.29) is 0 Å². The van der Waals surface area contributed by atoms with E-state index in [2.05, 4.69) is 15.2 Å². The Morgan fingerprint density at radius 3 is 2.83 bits per heavy atom. The third-order valence-electron chi connectivity index (χ3n) is 1.16. The van der Waals surface area contributed by atoms with Crippen LogP contribution in [0.4, 0.5) is 10.1 Å². The Labute approximate surface area is 77.4 Å². The van der Waals surface area contributed by atoms with Crippen LogP contribution in [0.15, 0.2) is 39.3 Å². The molecule has 0 bridgehead atoms. The van der Waals surface area contributed by atoms with E-state index in [0.29, 0.717) is 5.13 Å². The van der Waals surface area contributed by atoms with Crippen molar-refractivity contribution in [3.63, 3.8) is 0 Å². The van der Waals surface area contributed by atoms with Crippen molar-refractivity contribution in [2.24, 2.45) is 10.2 Å². The van der Waals surface area contributed by atoms with Gasteiger partial charge in [-0.1, -0.05) is 0 Å². The molecule has 0 saturated heterocycles. The molecule has 2 aromatic heterocycles. The SMILES string of the molecule is c1csc(N=Nc2nccs2)c1. The topological polar surface area (TPSA) is 37.6 Å². The van der Waals surface area contributed by atoms with Crippen LogP contribution in [-0.2, 0) is 0 Å². The van der Waals surface area contributed by atoms with Gasteiger partial charge in [0.05, 0.1) is 0 Å². The summed E-state index contributed by atoms with van der Waals surface area (Å²) in [4.78, 5) is 3.98. The van der Waals surface area contributed by atoms with E-state index in [1.54, 1.807) is 17.5 Å². The van der Waals surface area contributed by atoms with Crippen LogP contribution in [0.5, 0.6) is 0 Å². The minimum absolute atomic E-state index is 0.698. The first-order chi connectivity index (χ1) is 5.95. The van der Waals surface area contributed by atoms with Gasteiger partial charge in [-0.05, 0) is 17.5 Å². The highest BCUT2D eigenvalue weighted by atomic mass is 32.1. The van der Waals surface area contributed by atoms with Crippen molar-refractivity contribution in [3.8, 4) is 0 Å². The molecule has 0 aliphatic carbocycles. The summed E-state index contributed by atoms with van der Waals surface area (Å²) in [6.07, 6.45) is 1.72. The van der Waals surface area contributed by atoms with Crippen molar-refractivity contribution in [3.05, 3.63) is 29.1 Å². The Morgan fingerprint density at radius 1 is 1.17 bits per heavy atom. The minimum atomic E-state index is 0.698. The van der Waals surface area contributed by atoms with Gasteiger partial charge in [0.25, 0.3) is 0 Å². The van der Waals surface area contributed by atoms with E-state index in [1.165, 1.54) is 11.3 Å². The quantitative estimate of drug-likeness (QED) is 0.674. The molecule has 0 amide bonds. The highest BCUT2D eigenvalue weighted by Gasteiger charge is 1.91. The summed E-state index contributed by atoms with van der Waals surface area (Å²) < 4.78 is 0. The van der Waals surface area contributed by atoms with Gasteiger partial charge in [0.15, 0.2) is 0 Å². The number of nitrogens with zero attached hydrogens (tertiary/aromatic N) is 3. The van der Waals surface area contributed by atoms with E-state index in [9.17, 15) is 0 Å². The third-order valence-corrected chi connectivity index (χ3v) is 2.57. The van der Waals surface area contributed by atoms with Gasteiger partial charge in [-0.15, -0.1) is 32.9 Å². The molecule has 0 saturated carbocycles. The largest absolute Gasteiger partial charge is 0.229 e. The summed E-state index contributed by atoms with van der Waals surface area (Å²) in [5.41, 5.74) is 0. The monoisotopic (exact) mass is 195 g/mol. The summed E-state index contributed by atoms with van der Waals surface area (Å²) in [5, 5.41) is 13.4. The zero-order valence-electron chi connectivity index (χ0n) is 6.04. The number of aromatic nitrogens is 1. The smallest absolute Gasteiger partial charge is 0.226 e. The van der Waals surface area contributed by atoms with Crippen LogP contribution >= 0.6 is 22.7 Å². The second-order valence-electron chi connectivity index (χ2n) is 1.97. The molecule has 12 heavy (non-hydrogen) atoms. The van der Waals surface area contributed by atoms with Crippen molar-refractivity contribution in [1.29, 1.82) is 0 Å². The first-order valence-corrected chi connectivity index (χ1v) is 5.06. The van der Waals surface area contributed by atoms with Crippen molar-refractivity contribution in [2.75, 3.05) is 0 Å². The number of hydrogen-bond donors (Lipinski definition) is 0. The highest BCUT2D eigenvalue weighted by molar-refractivity contribution is 7.14. The van der Waals surface area contributed by atoms with Gasteiger partial charge >= 0.3 is 0 Å². The lowest BCUT2D eigenvalue weighted by Gasteiger charge is -1.80. The third kappa shape index (κ3) is 1.75. The highest BCUT2D eigenvalue weighted by Crippen LogP contribution is 2.23. The molecule has 5 heteroatoms. The molecule has 3 nitrogen and oxygen atoms in total. The van der Waals surface area contributed by atoms with Crippen LogP contribution in [0.25, 0.3) is 0 Å². The van der Waals surface area contributed by atoms with Gasteiger partial charge in [-0.3, -0.25) is 0 Å². The van der Waals surface area contributed by atoms with Crippen molar-refractivity contribution in [1.82, 2.24) is 4.98 Å². The fourth-order valence-electron chi connectivity index (χ4n) is 0.684.